The van der Waals surface area contributed by atoms with Gasteiger partial charge in [-0.15, -0.1) is 0 Å². The molecule has 18 heavy (non-hydrogen) atoms. The summed E-state index contributed by atoms with van der Waals surface area (Å²) >= 11 is 1.52. The van der Waals surface area contributed by atoms with Crippen molar-refractivity contribution in [3.8, 4) is 5.75 Å². The van der Waals surface area contributed by atoms with Crippen molar-refractivity contribution >= 4 is 17.7 Å². The molecule has 3 nitrogen and oxygen atoms in total. The maximum absolute atomic E-state index is 13.6. The van der Waals surface area contributed by atoms with E-state index in [0.29, 0.717) is 23.5 Å². The number of carbonyl (C=O) groups excluding carboxylic acids is 1. The number of rotatable bonds is 6. The molecule has 0 aromatic heterocycles. The van der Waals surface area contributed by atoms with Crippen LogP contribution in [0, 0.1) is 5.82 Å². The van der Waals surface area contributed by atoms with Crippen LogP contribution in [0.1, 0.15) is 18.9 Å². The summed E-state index contributed by atoms with van der Waals surface area (Å²) in [6.45, 7) is 1.92. The average molecular weight is 272 g/mol. The van der Waals surface area contributed by atoms with Crippen molar-refractivity contribution in [2.45, 2.75) is 24.3 Å². The van der Waals surface area contributed by atoms with Crippen LogP contribution in [0.5, 0.6) is 5.75 Å². The molecule has 0 aliphatic rings. The highest BCUT2D eigenvalue weighted by atomic mass is 32.2. The van der Waals surface area contributed by atoms with E-state index in [0.717, 1.165) is 0 Å². The fraction of sp³-hybridized carbons (Fsp3) is 0.462. The number of benzene rings is 1. The van der Waals surface area contributed by atoms with Gasteiger partial charge in [0.2, 0.25) is 0 Å². The minimum atomic E-state index is -0.285. The molecule has 1 aromatic rings. The van der Waals surface area contributed by atoms with Crippen LogP contribution in [-0.2, 0) is 15.3 Å². The van der Waals surface area contributed by atoms with Crippen molar-refractivity contribution in [1.82, 2.24) is 0 Å². The Bertz CT molecular complexity index is 409. The SMILES string of the molecule is COC(=O)CC(C)SCc1ccc(OC)cc1F. The lowest BCUT2D eigenvalue weighted by atomic mass is 10.2. The van der Waals surface area contributed by atoms with Gasteiger partial charge in [0.15, 0.2) is 0 Å². The number of halogens is 1. The van der Waals surface area contributed by atoms with Crippen molar-refractivity contribution in [2.24, 2.45) is 0 Å². The molecular weight excluding hydrogens is 255 g/mol. The highest BCUT2D eigenvalue weighted by Gasteiger charge is 2.11. The first kappa shape index (κ1) is 14.8. The molecule has 0 radical (unpaired) electrons. The normalized spacial score (nSPS) is 12.0. The first-order valence-electron chi connectivity index (χ1n) is 5.57. The van der Waals surface area contributed by atoms with Crippen LogP contribution < -0.4 is 4.74 Å². The van der Waals surface area contributed by atoms with Gasteiger partial charge in [0.1, 0.15) is 11.6 Å². The van der Waals surface area contributed by atoms with Crippen LogP contribution in [0.4, 0.5) is 4.39 Å². The lowest BCUT2D eigenvalue weighted by Crippen LogP contribution is -2.08. The summed E-state index contributed by atoms with van der Waals surface area (Å²) in [4.78, 5) is 11.1. The molecule has 1 rings (SSSR count). The summed E-state index contributed by atoms with van der Waals surface area (Å²) in [6, 6.07) is 4.79. The minimum Gasteiger partial charge on any atom is -0.497 e. The molecule has 0 saturated heterocycles. The second-order valence-corrected chi connectivity index (χ2v) is 5.29. The zero-order chi connectivity index (χ0) is 13.5. The Hall–Kier alpha value is -1.23. The predicted molar refractivity (Wildman–Crippen MR) is 70.3 cm³/mol. The maximum atomic E-state index is 13.6. The van der Waals surface area contributed by atoms with E-state index in [4.69, 9.17) is 4.74 Å². The number of hydrogen-bond donors (Lipinski definition) is 0. The Morgan fingerprint density at radius 2 is 2.17 bits per heavy atom. The van der Waals surface area contributed by atoms with E-state index in [-0.39, 0.29) is 17.0 Å². The third-order valence-corrected chi connectivity index (χ3v) is 3.68. The van der Waals surface area contributed by atoms with Crippen molar-refractivity contribution in [3.05, 3.63) is 29.6 Å². The number of carbonyl (C=O) groups is 1. The Labute approximate surface area is 111 Å². The van der Waals surface area contributed by atoms with E-state index in [2.05, 4.69) is 4.74 Å². The molecule has 5 heteroatoms. The van der Waals surface area contributed by atoms with Crippen LogP contribution in [-0.4, -0.2) is 25.4 Å². The Morgan fingerprint density at radius 3 is 2.72 bits per heavy atom. The average Bonchev–Trinajstić information content (AvgIpc) is 2.36. The van der Waals surface area contributed by atoms with Gasteiger partial charge in [0.25, 0.3) is 0 Å². The lowest BCUT2D eigenvalue weighted by molar-refractivity contribution is -0.140. The fourth-order valence-corrected chi connectivity index (χ4v) is 2.33. The zero-order valence-electron chi connectivity index (χ0n) is 10.7. The summed E-state index contributed by atoms with van der Waals surface area (Å²) in [7, 11) is 2.87. The van der Waals surface area contributed by atoms with Gasteiger partial charge >= 0.3 is 5.97 Å². The molecule has 1 aromatic carbocycles. The lowest BCUT2D eigenvalue weighted by Gasteiger charge is -2.10. The zero-order valence-corrected chi connectivity index (χ0v) is 11.6. The Morgan fingerprint density at radius 1 is 1.44 bits per heavy atom. The minimum absolute atomic E-state index is 0.0963. The smallest absolute Gasteiger partial charge is 0.306 e. The molecule has 0 saturated carbocycles. The van der Waals surface area contributed by atoms with Crippen LogP contribution in [0.25, 0.3) is 0 Å². The second-order valence-electron chi connectivity index (χ2n) is 3.86. The predicted octanol–water partition coefficient (Wildman–Crippen LogP) is 3.02. The van der Waals surface area contributed by atoms with E-state index in [1.165, 1.54) is 32.0 Å². The molecule has 0 aliphatic heterocycles. The number of thioether (sulfide) groups is 1. The highest BCUT2D eigenvalue weighted by molar-refractivity contribution is 7.99. The number of methoxy groups -OCH3 is 2. The number of ether oxygens (including phenoxy) is 2. The number of esters is 1. The van der Waals surface area contributed by atoms with Gasteiger partial charge < -0.3 is 9.47 Å². The molecule has 0 bridgehead atoms. The molecule has 0 spiro atoms. The second kappa shape index (κ2) is 7.26. The van der Waals surface area contributed by atoms with Gasteiger partial charge in [-0.3, -0.25) is 4.79 Å². The van der Waals surface area contributed by atoms with E-state index in [9.17, 15) is 9.18 Å². The summed E-state index contributed by atoms with van der Waals surface area (Å²) in [5.74, 6) is 0.495. The van der Waals surface area contributed by atoms with E-state index >= 15 is 0 Å². The molecule has 0 amide bonds. The van der Waals surface area contributed by atoms with Crippen LogP contribution in [0.2, 0.25) is 0 Å². The van der Waals surface area contributed by atoms with Gasteiger partial charge in [-0.25, -0.2) is 4.39 Å². The fourth-order valence-electron chi connectivity index (χ4n) is 1.38. The largest absolute Gasteiger partial charge is 0.497 e. The topological polar surface area (TPSA) is 35.5 Å². The first-order chi connectivity index (χ1) is 8.56. The van der Waals surface area contributed by atoms with E-state index in [1.54, 1.807) is 12.1 Å². The summed E-state index contributed by atoms with van der Waals surface area (Å²) in [6.07, 6.45) is 0.332. The van der Waals surface area contributed by atoms with E-state index in [1.807, 2.05) is 6.92 Å². The van der Waals surface area contributed by atoms with Crippen molar-refractivity contribution in [2.75, 3.05) is 14.2 Å². The summed E-state index contributed by atoms with van der Waals surface area (Å²) in [5.41, 5.74) is 0.609. The molecule has 100 valence electrons. The third kappa shape index (κ3) is 4.56. The maximum Gasteiger partial charge on any atom is 0.306 e. The molecular formula is C13H17FO3S. The van der Waals surface area contributed by atoms with Gasteiger partial charge in [-0.1, -0.05) is 13.0 Å². The van der Waals surface area contributed by atoms with Gasteiger partial charge in [0, 0.05) is 17.1 Å². The van der Waals surface area contributed by atoms with Crippen LogP contribution >= 0.6 is 11.8 Å². The van der Waals surface area contributed by atoms with Gasteiger partial charge in [0.05, 0.1) is 20.6 Å². The van der Waals surface area contributed by atoms with Crippen molar-refractivity contribution in [3.63, 3.8) is 0 Å². The van der Waals surface area contributed by atoms with Gasteiger partial charge in [-0.2, -0.15) is 11.8 Å². The Balaban J connectivity index is 2.50. The quantitative estimate of drug-likeness (QED) is 0.746. The molecule has 1 atom stereocenters. The van der Waals surface area contributed by atoms with E-state index < -0.39 is 0 Å². The van der Waals surface area contributed by atoms with Crippen molar-refractivity contribution < 1.29 is 18.7 Å². The molecule has 1 unspecified atom stereocenters. The standard InChI is InChI=1S/C13H17FO3S/c1-9(6-13(15)17-3)18-8-10-4-5-11(16-2)7-12(10)14/h4-5,7,9H,6,8H2,1-3H3. The van der Waals surface area contributed by atoms with Crippen molar-refractivity contribution in [1.29, 1.82) is 0 Å². The molecule has 0 heterocycles. The monoisotopic (exact) mass is 272 g/mol. The summed E-state index contributed by atoms with van der Waals surface area (Å²) in [5, 5.41) is 0.0963. The van der Waals surface area contributed by atoms with Crippen LogP contribution in [0.3, 0.4) is 0 Å². The number of hydrogen-bond acceptors (Lipinski definition) is 4. The van der Waals surface area contributed by atoms with Gasteiger partial charge in [-0.05, 0) is 11.6 Å². The molecule has 0 N–H and O–H groups in total. The first-order valence-corrected chi connectivity index (χ1v) is 6.62. The third-order valence-electron chi connectivity index (χ3n) is 2.47. The molecule has 0 aliphatic carbocycles. The van der Waals surface area contributed by atoms with Crippen LogP contribution in [0.15, 0.2) is 18.2 Å². The highest BCUT2D eigenvalue weighted by Crippen LogP contribution is 2.24. The Kier molecular flexibility index (Phi) is 5.98. The summed E-state index contributed by atoms with van der Waals surface area (Å²) < 4.78 is 23.2. The molecule has 0 fully saturated rings.